The fourth-order valence-corrected chi connectivity index (χ4v) is 2.26. The minimum atomic E-state index is -0.188. The van der Waals surface area contributed by atoms with Gasteiger partial charge in [0.2, 0.25) is 11.7 Å². The van der Waals surface area contributed by atoms with Crippen LogP contribution in [0.25, 0.3) is 11.4 Å². The summed E-state index contributed by atoms with van der Waals surface area (Å²) in [5.74, 6) is 1.62. The molecule has 0 saturated heterocycles. The average Bonchev–Trinajstić information content (AvgIpc) is 2.88. The Hall–Kier alpha value is -1.33. The van der Waals surface area contributed by atoms with Gasteiger partial charge in [0.05, 0.1) is 6.04 Å². The largest absolute Gasteiger partial charge is 0.337 e. The zero-order valence-corrected chi connectivity index (χ0v) is 12.3. The summed E-state index contributed by atoms with van der Waals surface area (Å²) in [7, 11) is 0. The van der Waals surface area contributed by atoms with Crippen molar-refractivity contribution in [2.75, 3.05) is 6.26 Å². The van der Waals surface area contributed by atoms with Gasteiger partial charge in [0.15, 0.2) is 0 Å². The summed E-state index contributed by atoms with van der Waals surface area (Å²) in [4.78, 5) is 5.59. The predicted octanol–water partition coefficient (Wildman–Crippen LogP) is 3.50. The van der Waals surface area contributed by atoms with Gasteiger partial charge in [-0.3, -0.25) is 0 Å². The Labute approximate surface area is 117 Å². The van der Waals surface area contributed by atoms with Crippen molar-refractivity contribution in [1.29, 1.82) is 0 Å². The van der Waals surface area contributed by atoms with E-state index in [2.05, 4.69) is 24.0 Å². The summed E-state index contributed by atoms with van der Waals surface area (Å²) in [6, 6.07) is 7.89. The van der Waals surface area contributed by atoms with E-state index in [4.69, 9.17) is 10.3 Å². The molecular formula is C14H19N3OS. The van der Waals surface area contributed by atoms with Crippen molar-refractivity contribution in [3.8, 4) is 11.4 Å². The maximum absolute atomic E-state index is 6.03. The van der Waals surface area contributed by atoms with Crippen LogP contribution in [0.3, 0.4) is 0 Å². The van der Waals surface area contributed by atoms with Crippen molar-refractivity contribution in [3.05, 3.63) is 30.2 Å². The smallest absolute Gasteiger partial charge is 0.243 e. The molecule has 2 rings (SSSR count). The van der Waals surface area contributed by atoms with Crippen molar-refractivity contribution in [3.63, 3.8) is 0 Å². The third kappa shape index (κ3) is 3.58. The third-order valence-electron chi connectivity index (χ3n) is 2.83. The number of aromatic nitrogens is 2. The predicted molar refractivity (Wildman–Crippen MR) is 77.9 cm³/mol. The van der Waals surface area contributed by atoms with E-state index in [0.29, 0.717) is 17.6 Å². The zero-order valence-electron chi connectivity index (χ0n) is 11.5. The van der Waals surface area contributed by atoms with Crippen LogP contribution in [-0.2, 0) is 0 Å². The molecule has 2 N–H and O–H groups in total. The second-order valence-electron chi connectivity index (χ2n) is 4.92. The highest BCUT2D eigenvalue weighted by molar-refractivity contribution is 7.98. The average molecular weight is 277 g/mol. The summed E-state index contributed by atoms with van der Waals surface area (Å²) >= 11 is 1.71. The van der Waals surface area contributed by atoms with Gasteiger partial charge in [-0.25, -0.2) is 0 Å². The zero-order chi connectivity index (χ0) is 13.8. The number of nitrogens with zero attached hydrogens (tertiary/aromatic N) is 2. The van der Waals surface area contributed by atoms with E-state index in [1.807, 2.05) is 30.5 Å². The summed E-state index contributed by atoms with van der Waals surface area (Å²) < 4.78 is 5.25. The number of hydrogen-bond acceptors (Lipinski definition) is 5. The molecule has 0 fully saturated rings. The first-order valence-corrected chi connectivity index (χ1v) is 7.56. The Bertz CT molecular complexity index is 522. The van der Waals surface area contributed by atoms with Crippen LogP contribution in [0.2, 0.25) is 0 Å². The Kier molecular flexibility index (Phi) is 4.61. The van der Waals surface area contributed by atoms with Crippen LogP contribution in [0.5, 0.6) is 0 Å². The molecule has 1 heterocycles. The molecule has 2 aromatic rings. The van der Waals surface area contributed by atoms with Crippen LogP contribution in [-0.4, -0.2) is 16.4 Å². The number of rotatable bonds is 5. The van der Waals surface area contributed by atoms with Crippen LogP contribution in [0.15, 0.2) is 33.7 Å². The van der Waals surface area contributed by atoms with Crippen LogP contribution in [0.4, 0.5) is 0 Å². The molecule has 0 unspecified atom stereocenters. The monoisotopic (exact) mass is 277 g/mol. The molecule has 19 heavy (non-hydrogen) atoms. The Balaban J connectivity index is 2.15. The SMILES string of the molecule is CSc1ccc(-c2noc([C@@H](N)CC(C)C)n2)cc1. The van der Waals surface area contributed by atoms with Crippen LogP contribution in [0, 0.1) is 5.92 Å². The molecular weight excluding hydrogens is 258 g/mol. The van der Waals surface area contributed by atoms with E-state index in [0.717, 1.165) is 12.0 Å². The van der Waals surface area contributed by atoms with Crippen LogP contribution >= 0.6 is 11.8 Å². The lowest BCUT2D eigenvalue weighted by atomic mass is 10.0. The summed E-state index contributed by atoms with van der Waals surface area (Å²) in [5, 5.41) is 4.00. The van der Waals surface area contributed by atoms with E-state index < -0.39 is 0 Å². The van der Waals surface area contributed by atoms with Crippen LogP contribution < -0.4 is 5.73 Å². The number of nitrogens with two attached hydrogens (primary N) is 1. The first-order valence-electron chi connectivity index (χ1n) is 6.33. The molecule has 102 valence electrons. The molecule has 0 aliphatic heterocycles. The molecule has 4 nitrogen and oxygen atoms in total. The molecule has 0 aliphatic rings. The van der Waals surface area contributed by atoms with Gasteiger partial charge in [0.1, 0.15) is 0 Å². The third-order valence-corrected chi connectivity index (χ3v) is 3.58. The van der Waals surface area contributed by atoms with Crippen molar-refractivity contribution < 1.29 is 4.52 Å². The minimum absolute atomic E-state index is 0.188. The maximum Gasteiger partial charge on any atom is 0.243 e. The number of benzene rings is 1. The molecule has 0 amide bonds. The van der Waals surface area contributed by atoms with Crippen LogP contribution in [0.1, 0.15) is 32.2 Å². The van der Waals surface area contributed by atoms with E-state index >= 15 is 0 Å². The summed E-state index contributed by atoms with van der Waals surface area (Å²) in [6.45, 7) is 4.25. The van der Waals surface area contributed by atoms with Gasteiger partial charge in [0, 0.05) is 10.5 Å². The number of hydrogen-bond donors (Lipinski definition) is 1. The van der Waals surface area contributed by atoms with E-state index in [-0.39, 0.29) is 6.04 Å². The van der Waals surface area contributed by atoms with Crippen molar-refractivity contribution in [2.24, 2.45) is 11.7 Å². The number of thioether (sulfide) groups is 1. The van der Waals surface area contributed by atoms with Gasteiger partial charge in [-0.05, 0) is 42.9 Å². The van der Waals surface area contributed by atoms with E-state index in [1.54, 1.807) is 11.8 Å². The Morgan fingerprint density at radius 2 is 1.95 bits per heavy atom. The lowest BCUT2D eigenvalue weighted by Gasteiger charge is -2.08. The summed E-state index contributed by atoms with van der Waals surface area (Å²) in [6.07, 6.45) is 2.89. The van der Waals surface area contributed by atoms with Gasteiger partial charge < -0.3 is 10.3 Å². The van der Waals surface area contributed by atoms with E-state index in [1.165, 1.54) is 4.90 Å². The topological polar surface area (TPSA) is 64.9 Å². The highest BCUT2D eigenvalue weighted by Gasteiger charge is 2.16. The van der Waals surface area contributed by atoms with Crippen molar-refractivity contribution in [2.45, 2.75) is 31.2 Å². The van der Waals surface area contributed by atoms with Gasteiger partial charge in [-0.2, -0.15) is 4.98 Å². The molecule has 0 aliphatic carbocycles. The molecule has 1 aromatic heterocycles. The highest BCUT2D eigenvalue weighted by atomic mass is 32.2. The van der Waals surface area contributed by atoms with Crippen molar-refractivity contribution >= 4 is 11.8 Å². The normalized spacial score (nSPS) is 12.9. The second kappa shape index (κ2) is 6.21. The van der Waals surface area contributed by atoms with Gasteiger partial charge in [0.25, 0.3) is 0 Å². The molecule has 0 spiro atoms. The highest BCUT2D eigenvalue weighted by Crippen LogP contribution is 2.23. The molecule has 1 aromatic carbocycles. The first-order chi connectivity index (χ1) is 9.10. The van der Waals surface area contributed by atoms with E-state index in [9.17, 15) is 0 Å². The standard InChI is InChI=1S/C14H19N3OS/c1-9(2)8-12(15)14-16-13(17-18-14)10-4-6-11(19-3)7-5-10/h4-7,9,12H,8,15H2,1-3H3/t12-/m0/s1. The lowest BCUT2D eigenvalue weighted by molar-refractivity contribution is 0.335. The Morgan fingerprint density at radius 1 is 1.26 bits per heavy atom. The fraction of sp³-hybridized carbons (Fsp3) is 0.429. The second-order valence-corrected chi connectivity index (χ2v) is 5.80. The van der Waals surface area contributed by atoms with Gasteiger partial charge in [-0.1, -0.05) is 19.0 Å². The van der Waals surface area contributed by atoms with Gasteiger partial charge in [-0.15, -0.1) is 11.8 Å². The first kappa shape index (κ1) is 14.1. The molecule has 5 heteroatoms. The molecule has 0 bridgehead atoms. The minimum Gasteiger partial charge on any atom is -0.337 e. The quantitative estimate of drug-likeness (QED) is 0.847. The summed E-state index contributed by atoms with van der Waals surface area (Å²) in [5.41, 5.74) is 6.98. The Morgan fingerprint density at radius 3 is 2.53 bits per heavy atom. The maximum atomic E-state index is 6.03. The molecule has 1 atom stereocenters. The lowest BCUT2D eigenvalue weighted by Crippen LogP contribution is -2.13. The fourth-order valence-electron chi connectivity index (χ4n) is 1.85. The van der Waals surface area contributed by atoms with Gasteiger partial charge >= 0.3 is 0 Å². The molecule has 0 saturated carbocycles. The molecule has 0 radical (unpaired) electrons. The van der Waals surface area contributed by atoms with Crippen molar-refractivity contribution in [1.82, 2.24) is 10.1 Å².